The molecule has 1 aromatic rings. The van der Waals surface area contributed by atoms with Crippen molar-refractivity contribution in [3.05, 3.63) is 29.3 Å². The maximum atomic E-state index is 13.8. The summed E-state index contributed by atoms with van der Waals surface area (Å²) >= 11 is 0. The Kier molecular flexibility index (Phi) is 4.02. The molecule has 1 N–H and O–H groups in total. The highest BCUT2D eigenvalue weighted by Crippen LogP contribution is 2.32. The van der Waals surface area contributed by atoms with Crippen LogP contribution < -0.4 is 10.2 Å². The predicted octanol–water partition coefficient (Wildman–Crippen LogP) is 1.41. The van der Waals surface area contributed by atoms with Gasteiger partial charge in [-0.15, -0.1) is 0 Å². The second-order valence-electron chi connectivity index (χ2n) is 4.88. The van der Waals surface area contributed by atoms with Crippen molar-refractivity contribution < 1.29 is 23.2 Å². The van der Waals surface area contributed by atoms with E-state index in [1.807, 2.05) is 6.92 Å². The number of nitrogens with zero attached hydrogens (tertiary/aromatic N) is 1. The van der Waals surface area contributed by atoms with Crippen LogP contribution in [0.4, 0.5) is 14.5 Å². The first-order valence-corrected chi connectivity index (χ1v) is 6.49. The fraction of sp³-hybridized carbons (Fsp3) is 0.357. The molecule has 0 fully saturated rings. The number of carbonyl (C=O) groups excluding carboxylic acids is 3. The van der Waals surface area contributed by atoms with Crippen LogP contribution in [-0.2, 0) is 9.59 Å². The highest BCUT2D eigenvalue weighted by atomic mass is 19.1. The maximum Gasteiger partial charge on any atom is 0.300 e. The number of carbonyl (C=O) groups is 3. The zero-order valence-electron chi connectivity index (χ0n) is 11.6. The SMILES string of the molecule is CCC(C)NC(=O)CN1C(=O)C(=O)c2cc(F)cc(F)c21. The van der Waals surface area contributed by atoms with Gasteiger partial charge in [-0.1, -0.05) is 6.92 Å². The minimum atomic E-state index is -1.04. The largest absolute Gasteiger partial charge is 0.352 e. The average Bonchev–Trinajstić information content (AvgIpc) is 2.64. The molecule has 0 aliphatic carbocycles. The zero-order chi connectivity index (χ0) is 15.7. The van der Waals surface area contributed by atoms with Crippen molar-refractivity contribution in [2.24, 2.45) is 0 Å². The lowest BCUT2D eigenvalue weighted by Crippen LogP contribution is -2.43. The Morgan fingerprint density at radius 1 is 1.33 bits per heavy atom. The molecule has 0 radical (unpaired) electrons. The molecule has 1 aliphatic rings. The van der Waals surface area contributed by atoms with Crippen LogP contribution in [0.3, 0.4) is 0 Å². The number of rotatable bonds is 4. The maximum absolute atomic E-state index is 13.8. The van der Waals surface area contributed by atoms with E-state index in [1.165, 1.54) is 0 Å². The number of fused-ring (bicyclic) bond motifs is 1. The molecule has 1 unspecified atom stereocenters. The molecule has 1 aromatic carbocycles. The van der Waals surface area contributed by atoms with Crippen molar-refractivity contribution in [3.8, 4) is 0 Å². The van der Waals surface area contributed by atoms with Gasteiger partial charge in [0.1, 0.15) is 12.4 Å². The first-order valence-electron chi connectivity index (χ1n) is 6.49. The normalized spacial score (nSPS) is 15.1. The van der Waals surface area contributed by atoms with Crippen LogP contribution >= 0.6 is 0 Å². The van der Waals surface area contributed by atoms with E-state index in [0.29, 0.717) is 12.5 Å². The number of Topliss-reactive ketones (excluding diaryl/α,β-unsaturated/α-hetero) is 1. The monoisotopic (exact) mass is 296 g/mol. The summed E-state index contributed by atoms with van der Waals surface area (Å²) in [5.41, 5.74) is -0.695. The molecule has 1 heterocycles. The zero-order valence-corrected chi connectivity index (χ0v) is 11.6. The Morgan fingerprint density at radius 2 is 2.00 bits per heavy atom. The van der Waals surface area contributed by atoms with Crippen LogP contribution in [0.2, 0.25) is 0 Å². The number of anilines is 1. The van der Waals surface area contributed by atoms with Gasteiger partial charge in [0.15, 0.2) is 5.82 Å². The summed E-state index contributed by atoms with van der Waals surface area (Å²) in [6.07, 6.45) is 0.689. The Bertz CT molecular complexity index is 631. The number of benzene rings is 1. The summed E-state index contributed by atoms with van der Waals surface area (Å²) in [5.74, 6) is -4.55. The fourth-order valence-electron chi connectivity index (χ4n) is 2.07. The van der Waals surface area contributed by atoms with E-state index >= 15 is 0 Å². The predicted molar refractivity (Wildman–Crippen MR) is 70.9 cm³/mol. The molecule has 0 bridgehead atoms. The number of hydrogen-bond acceptors (Lipinski definition) is 3. The molecule has 1 aliphatic heterocycles. The van der Waals surface area contributed by atoms with Gasteiger partial charge in [-0.25, -0.2) is 8.78 Å². The van der Waals surface area contributed by atoms with E-state index in [9.17, 15) is 23.2 Å². The van der Waals surface area contributed by atoms with Crippen LogP contribution in [0.5, 0.6) is 0 Å². The molecule has 1 atom stereocenters. The van der Waals surface area contributed by atoms with Gasteiger partial charge in [-0.2, -0.15) is 0 Å². The van der Waals surface area contributed by atoms with Crippen molar-refractivity contribution in [1.29, 1.82) is 0 Å². The number of halogens is 2. The summed E-state index contributed by atoms with van der Waals surface area (Å²) in [4.78, 5) is 36.1. The molecular formula is C14H14F2N2O3. The van der Waals surface area contributed by atoms with E-state index in [1.54, 1.807) is 6.92 Å². The van der Waals surface area contributed by atoms with Gasteiger partial charge in [0.25, 0.3) is 11.7 Å². The molecular weight excluding hydrogens is 282 g/mol. The number of nitrogens with one attached hydrogen (secondary N) is 1. The van der Waals surface area contributed by atoms with Crippen LogP contribution in [0.1, 0.15) is 30.6 Å². The smallest absolute Gasteiger partial charge is 0.300 e. The van der Waals surface area contributed by atoms with Gasteiger partial charge < -0.3 is 5.32 Å². The van der Waals surface area contributed by atoms with Crippen LogP contribution in [0, 0.1) is 11.6 Å². The van der Waals surface area contributed by atoms with Crippen molar-refractivity contribution in [1.82, 2.24) is 5.32 Å². The first kappa shape index (κ1) is 15.1. The summed E-state index contributed by atoms with van der Waals surface area (Å²) in [5, 5.41) is 2.61. The lowest BCUT2D eigenvalue weighted by molar-refractivity contribution is -0.122. The van der Waals surface area contributed by atoms with Gasteiger partial charge in [-0.05, 0) is 19.4 Å². The van der Waals surface area contributed by atoms with E-state index < -0.39 is 35.8 Å². The summed E-state index contributed by atoms with van der Waals surface area (Å²) < 4.78 is 26.9. The third kappa shape index (κ3) is 2.76. The van der Waals surface area contributed by atoms with Crippen LogP contribution in [0.25, 0.3) is 0 Å². The molecule has 2 amide bonds. The Balaban J connectivity index is 2.29. The van der Waals surface area contributed by atoms with Gasteiger partial charge in [0, 0.05) is 12.1 Å². The Labute approximate surface area is 119 Å². The molecule has 0 saturated carbocycles. The summed E-state index contributed by atoms with van der Waals surface area (Å²) in [6, 6.07) is 1.26. The topological polar surface area (TPSA) is 66.5 Å². The van der Waals surface area contributed by atoms with E-state index in [0.717, 1.165) is 11.0 Å². The lowest BCUT2D eigenvalue weighted by Gasteiger charge is -2.18. The van der Waals surface area contributed by atoms with E-state index in [2.05, 4.69) is 5.32 Å². The molecule has 21 heavy (non-hydrogen) atoms. The second-order valence-corrected chi connectivity index (χ2v) is 4.88. The minimum Gasteiger partial charge on any atom is -0.352 e. The van der Waals surface area contributed by atoms with Crippen LogP contribution in [-0.4, -0.2) is 30.2 Å². The number of hydrogen-bond donors (Lipinski definition) is 1. The highest BCUT2D eigenvalue weighted by Gasteiger charge is 2.39. The third-order valence-corrected chi connectivity index (χ3v) is 3.30. The second kappa shape index (κ2) is 5.59. The van der Waals surface area contributed by atoms with Crippen molar-refractivity contribution in [2.75, 3.05) is 11.4 Å². The Morgan fingerprint density at radius 3 is 2.62 bits per heavy atom. The Hall–Kier alpha value is -2.31. The number of ketones is 1. The molecule has 112 valence electrons. The van der Waals surface area contributed by atoms with Crippen molar-refractivity contribution in [3.63, 3.8) is 0 Å². The number of amides is 2. The van der Waals surface area contributed by atoms with Gasteiger partial charge in [-0.3, -0.25) is 19.3 Å². The highest BCUT2D eigenvalue weighted by molar-refractivity contribution is 6.52. The van der Waals surface area contributed by atoms with E-state index in [4.69, 9.17) is 0 Å². The standard InChI is InChI=1S/C14H14F2N2O3/c1-3-7(2)17-11(19)6-18-12-9(13(20)14(18)21)4-8(15)5-10(12)16/h4-5,7H,3,6H2,1-2H3,(H,17,19). The molecule has 0 saturated heterocycles. The molecule has 0 spiro atoms. The van der Waals surface area contributed by atoms with Gasteiger partial charge in [0.2, 0.25) is 5.91 Å². The quantitative estimate of drug-likeness (QED) is 0.854. The summed E-state index contributed by atoms with van der Waals surface area (Å²) in [6.45, 7) is 3.16. The van der Waals surface area contributed by atoms with E-state index in [-0.39, 0.29) is 17.3 Å². The van der Waals surface area contributed by atoms with Crippen LogP contribution in [0.15, 0.2) is 12.1 Å². The molecule has 5 nitrogen and oxygen atoms in total. The first-order chi connectivity index (χ1) is 9.85. The van der Waals surface area contributed by atoms with Gasteiger partial charge >= 0.3 is 0 Å². The third-order valence-electron chi connectivity index (χ3n) is 3.30. The lowest BCUT2D eigenvalue weighted by atomic mass is 10.1. The average molecular weight is 296 g/mol. The summed E-state index contributed by atoms with van der Waals surface area (Å²) in [7, 11) is 0. The molecule has 0 aromatic heterocycles. The molecule has 2 rings (SSSR count). The van der Waals surface area contributed by atoms with Crippen molar-refractivity contribution in [2.45, 2.75) is 26.3 Å². The minimum absolute atomic E-state index is 0.108. The van der Waals surface area contributed by atoms with Gasteiger partial charge in [0.05, 0.1) is 11.3 Å². The molecule has 7 heteroatoms. The fourth-order valence-corrected chi connectivity index (χ4v) is 2.07. The van der Waals surface area contributed by atoms with Crippen molar-refractivity contribution >= 4 is 23.3 Å².